The Labute approximate surface area is 135 Å². The van der Waals surface area contributed by atoms with Crippen molar-refractivity contribution >= 4 is 33.2 Å². The topological polar surface area (TPSA) is 66.4 Å². The Morgan fingerprint density at radius 1 is 1.33 bits per heavy atom. The third-order valence-electron chi connectivity index (χ3n) is 3.85. The van der Waals surface area contributed by atoms with Gasteiger partial charge in [0.1, 0.15) is 4.90 Å². The molecule has 0 aromatic heterocycles. The first-order valence-electron chi connectivity index (χ1n) is 6.76. The van der Waals surface area contributed by atoms with E-state index in [1.54, 1.807) is 0 Å². The second kappa shape index (κ2) is 6.05. The average molecular weight is 352 g/mol. The van der Waals surface area contributed by atoms with Crippen LogP contribution in [-0.4, -0.2) is 19.6 Å². The van der Waals surface area contributed by atoms with E-state index in [2.05, 4.69) is 18.6 Å². The largest absolute Gasteiger partial charge is 0.392 e. The molecule has 0 aliphatic heterocycles. The zero-order valence-corrected chi connectivity index (χ0v) is 14.3. The minimum absolute atomic E-state index is 0.0395. The lowest BCUT2D eigenvalue weighted by molar-refractivity contribution is 0.281. The number of sulfonamides is 1. The van der Waals surface area contributed by atoms with Gasteiger partial charge in [-0.25, -0.2) is 13.1 Å². The van der Waals surface area contributed by atoms with Crippen LogP contribution in [0.4, 0.5) is 0 Å². The molecule has 0 spiro atoms. The summed E-state index contributed by atoms with van der Waals surface area (Å²) in [4.78, 5) is -0.0395. The monoisotopic (exact) mass is 351 g/mol. The van der Waals surface area contributed by atoms with Crippen molar-refractivity contribution in [2.24, 2.45) is 5.41 Å². The summed E-state index contributed by atoms with van der Waals surface area (Å²) in [7, 11) is -3.73. The molecule has 1 saturated carbocycles. The lowest BCUT2D eigenvalue weighted by Gasteiger charge is -2.18. The van der Waals surface area contributed by atoms with Gasteiger partial charge >= 0.3 is 0 Å². The van der Waals surface area contributed by atoms with Crippen molar-refractivity contribution in [3.63, 3.8) is 0 Å². The van der Waals surface area contributed by atoms with Crippen molar-refractivity contribution in [3.05, 3.63) is 27.7 Å². The third kappa shape index (κ3) is 3.90. The number of hydrogen-bond acceptors (Lipinski definition) is 3. The van der Waals surface area contributed by atoms with Crippen LogP contribution in [-0.2, 0) is 16.6 Å². The first kappa shape index (κ1) is 17.0. The highest BCUT2D eigenvalue weighted by Gasteiger charge is 2.34. The highest BCUT2D eigenvalue weighted by Crippen LogP contribution is 2.38. The molecule has 0 radical (unpaired) electrons. The summed E-state index contributed by atoms with van der Waals surface area (Å²) in [6, 6.07) is 2.59. The van der Waals surface area contributed by atoms with Crippen LogP contribution in [0.5, 0.6) is 0 Å². The third-order valence-corrected chi connectivity index (χ3v) is 6.19. The molecule has 1 aromatic rings. The predicted molar refractivity (Wildman–Crippen MR) is 84.1 cm³/mol. The fourth-order valence-electron chi connectivity index (χ4n) is 2.72. The van der Waals surface area contributed by atoms with Crippen LogP contribution in [0.3, 0.4) is 0 Å². The maximum atomic E-state index is 12.5. The lowest BCUT2D eigenvalue weighted by Crippen LogP contribution is -2.33. The van der Waals surface area contributed by atoms with Crippen molar-refractivity contribution in [2.45, 2.75) is 50.7 Å². The quantitative estimate of drug-likeness (QED) is 0.873. The molecule has 21 heavy (non-hydrogen) atoms. The molecule has 0 amide bonds. The molecule has 118 valence electrons. The first-order chi connectivity index (χ1) is 9.64. The van der Waals surface area contributed by atoms with Crippen LogP contribution in [0.15, 0.2) is 17.0 Å². The van der Waals surface area contributed by atoms with E-state index in [1.807, 2.05) is 0 Å². The van der Waals surface area contributed by atoms with Crippen molar-refractivity contribution in [1.82, 2.24) is 4.72 Å². The van der Waals surface area contributed by atoms with Gasteiger partial charge in [0, 0.05) is 11.1 Å². The van der Waals surface area contributed by atoms with Gasteiger partial charge in [0.15, 0.2) is 0 Å². The Balaban J connectivity index is 2.28. The van der Waals surface area contributed by atoms with E-state index in [1.165, 1.54) is 12.1 Å². The molecule has 1 atom stereocenters. The summed E-state index contributed by atoms with van der Waals surface area (Å²) in [5.74, 6) is 0. The van der Waals surface area contributed by atoms with Gasteiger partial charge in [-0.05, 0) is 42.4 Å². The lowest BCUT2D eigenvalue weighted by atomic mass is 9.92. The van der Waals surface area contributed by atoms with Gasteiger partial charge in [-0.2, -0.15) is 0 Å². The standard InChI is InChI=1S/C14H19Cl2NO3S/c1-14(2)4-3-10(7-14)17-21(19,20)13-5-9(8-18)11(15)6-12(13)16/h5-6,10,17-18H,3-4,7-8H2,1-2H3. The molecular formula is C14H19Cl2NO3S. The van der Waals surface area contributed by atoms with Crippen LogP contribution in [0.1, 0.15) is 38.7 Å². The van der Waals surface area contributed by atoms with Gasteiger partial charge < -0.3 is 5.11 Å². The van der Waals surface area contributed by atoms with E-state index in [-0.39, 0.29) is 33.0 Å². The van der Waals surface area contributed by atoms with Crippen molar-refractivity contribution in [1.29, 1.82) is 0 Å². The number of halogens is 2. The Bertz CT molecular complexity index is 644. The van der Waals surface area contributed by atoms with Crippen LogP contribution >= 0.6 is 23.2 Å². The summed E-state index contributed by atoms with van der Waals surface area (Å²) >= 11 is 11.9. The van der Waals surface area contributed by atoms with Crippen LogP contribution < -0.4 is 4.72 Å². The summed E-state index contributed by atoms with van der Waals surface area (Å²) in [5, 5.41) is 9.52. The summed E-state index contributed by atoms with van der Waals surface area (Å²) < 4.78 is 27.7. The Morgan fingerprint density at radius 3 is 2.52 bits per heavy atom. The maximum absolute atomic E-state index is 12.5. The fourth-order valence-corrected chi connectivity index (χ4v) is 4.85. The van der Waals surface area contributed by atoms with Gasteiger partial charge in [-0.3, -0.25) is 0 Å². The van der Waals surface area contributed by atoms with Crippen molar-refractivity contribution in [2.75, 3.05) is 0 Å². The zero-order chi connectivity index (χ0) is 15.8. The fraction of sp³-hybridized carbons (Fsp3) is 0.571. The molecular weight excluding hydrogens is 333 g/mol. The minimum Gasteiger partial charge on any atom is -0.392 e. The van der Waals surface area contributed by atoms with Crippen LogP contribution in [0.2, 0.25) is 10.0 Å². The number of nitrogens with one attached hydrogen (secondary N) is 1. The molecule has 1 aliphatic carbocycles. The highest BCUT2D eigenvalue weighted by molar-refractivity contribution is 7.89. The summed E-state index contributed by atoms with van der Waals surface area (Å²) in [6.07, 6.45) is 2.59. The predicted octanol–water partition coefficient (Wildman–Crippen LogP) is 3.34. The highest BCUT2D eigenvalue weighted by atomic mass is 35.5. The summed E-state index contributed by atoms with van der Waals surface area (Å²) in [5.41, 5.74) is 0.487. The van der Waals surface area contributed by atoms with Crippen LogP contribution in [0.25, 0.3) is 0 Å². The number of hydrogen-bond donors (Lipinski definition) is 2. The summed E-state index contributed by atoms with van der Waals surface area (Å²) in [6.45, 7) is 3.91. The van der Waals surface area contributed by atoms with E-state index in [4.69, 9.17) is 23.2 Å². The van der Waals surface area contributed by atoms with E-state index in [0.29, 0.717) is 5.56 Å². The number of rotatable bonds is 4. The molecule has 7 heteroatoms. The molecule has 4 nitrogen and oxygen atoms in total. The normalized spacial score (nSPS) is 21.7. The average Bonchev–Trinajstić information content (AvgIpc) is 2.67. The molecule has 1 fully saturated rings. The van der Waals surface area contributed by atoms with Gasteiger partial charge in [-0.1, -0.05) is 37.0 Å². The first-order valence-corrected chi connectivity index (χ1v) is 9.00. The van der Waals surface area contributed by atoms with E-state index < -0.39 is 10.0 Å². The van der Waals surface area contributed by atoms with Crippen molar-refractivity contribution in [3.8, 4) is 0 Å². The van der Waals surface area contributed by atoms with Gasteiger partial charge in [0.2, 0.25) is 10.0 Å². The molecule has 1 aromatic carbocycles. The molecule has 2 N–H and O–H groups in total. The van der Waals surface area contributed by atoms with Gasteiger partial charge in [-0.15, -0.1) is 0 Å². The Kier molecular flexibility index (Phi) is 4.90. The minimum atomic E-state index is -3.73. The molecule has 1 aliphatic rings. The second-order valence-electron chi connectivity index (χ2n) is 6.26. The molecule has 0 bridgehead atoms. The van der Waals surface area contributed by atoms with Crippen LogP contribution in [0, 0.1) is 5.41 Å². The molecule has 0 heterocycles. The van der Waals surface area contributed by atoms with E-state index in [0.717, 1.165) is 19.3 Å². The second-order valence-corrected chi connectivity index (χ2v) is 8.75. The maximum Gasteiger partial charge on any atom is 0.242 e. The molecule has 1 unspecified atom stereocenters. The van der Waals surface area contributed by atoms with Crippen molar-refractivity contribution < 1.29 is 13.5 Å². The number of aliphatic hydroxyl groups excluding tert-OH is 1. The Hall–Kier alpha value is -0.330. The SMILES string of the molecule is CC1(C)CCC(NS(=O)(=O)c2cc(CO)c(Cl)cc2Cl)C1. The zero-order valence-electron chi connectivity index (χ0n) is 12.0. The Morgan fingerprint density at radius 2 is 2.00 bits per heavy atom. The number of aliphatic hydroxyl groups is 1. The van der Waals surface area contributed by atoms with E-state index >= 15 is 0 Å². The van der Waals surface area contributed by atoms with E-state index in [9.17, 15) is 13.5 Å². The molecule has 0 saturated heterocycles. The number of benzene rings is 1. The molecule has 2 rings (SSSR count). The smallest absolute Gasteiger partial charge is 0.242 e. The van der Waals surface area contributed by atoms with Gasteiger partial charge in [0.05, 0.1) is 11.6 Å². The van der Waals surface area contributed by atoms with Gasteiger partial charge in [0.25, 0.3) is 0 Å².